The van der Waals surface area contributed by atoms with Crippen molar-refractivity contribution in [2.24, 2.45) is 11.5 Å². The van der Waals surface area contributed by atoms with Crippen molar-refractivity contribution in [2.75, 3.05) is 0 Å². The second-order valence-corrected chi connectivity index (χ2v) is 11.3. The zero-order valence-electron chi connectivity index (χ0n) is 19.6. The van der Waals surface area contributed by atoms with Crippen LogP contribution in [0.25, 0.3) is 0 Å². The van der Waals surface area contributed by atoms with Crippen molar-refractivity contribution in [1.29, 1.82) is 0 Å². The maximum Gasteiger partial charge on any atom is 0.304 e. The average Bonchev–Trinajstić information content (AvgIpc) is 2.57. The minimum atomic E-state index is -0.979. The van der Waals surface area contributed by atoms with E-state index < -0.39 is 21.4 Å². The number of hydrogen-bond acceptors (Lipinski definition) is 8. The third-order valence-electron chi connectivity index (χ3n) is 3.16. The molecule has 32 heavy (non-hydrogen) atoms. The maximum atomic E-state index is 11.8. The zero-order valence-corrected chi connectivity index (χ0v) is 21.2. The Morgan fingerprint density at radius 1 is 0.656 bits per heavy atom. The van der Waals surface area contributed by atoms with Gasteiger partial charge in [0.1, 0.15) is 0 Å². The number of carbonyl (C=O) groups is 6. The second kappa shape index (κ2) is 17.5. The molecule has 0 atom stereocenters. The highest BCUT2D eigenvalue weighted by molar-refractivity contribution is 8.15. The fourth-order valence-corrected chi connectivity index (χ4v) is 3.76. The largest absolute Gasteiger partial charge is 0.481 e. The molecule has 0 heterocycles. The minimum absolute atomic E-state index is 0.0166. The quantitative estimate of drug-likeness (QED) is 0.330. The molecule has 0 saturated carbocycles. The lowest BCUT2D eigenvalue weighted by Gasteiger charge is -2.21. The van der Waals surface area contributed by atoms with Gasteiger partial charge >= 0.3 is 11.9 Å². The Balaban J connectivity index is -0.000000695. The number of nitrogens with two attached hydrogens (primary N) is 2. The van der Waals surface area contributed by atoms with Crippen LogP contribution in [0.3, 0.4) is 0 Å². The first-order valence-electron chi connectivity index (χ1n) is 9.81. The van der Waals surface area contributed by atoms with E-state index in [1.165, 1.54) is 0 Å². The molecule has 186 valence electrons. The predicted octanol–water partition coefficient (Wildman–Crippen LogP) is 2.56. The predicted molar refractivity (Wildman–Crippen MR) is 126 cm³/mol. The van der Waals surface area contributed by atoms with E-state index in [1.54, 1.807) is 41.5 Å². The topological polar surface area (TPSA) is 195 Å². The molecule has 0 aromatic carbocycles. The number of carboxylic acid groups (broad SMARTS) is 2. The van der Waals surface area contributed by atoms with Crippen LogP contribution in [-0.4, -0.2) is 53.7 Å². The molecule has 10 nitrogen and oxygen atoms in total. The van der Waals surface area contributed by atoms with Gasteiger partial charge < -0.3 is 21.7 Å². The van der Waals surface area contributed by atoms with Crippen LogP contribution in [0.5, 0.6) is 0 Å². The van der Waals surface area contributed by atoms with Gasteiger partial charge in [0.2, 0.25) is 11.8 Å². The molecule has 0 rings (SSSR count). The Labute approximate surface area is 197 Å². The third-order valence-corrected chi connectivity index (χ3v) is 5.42. The first-order chi connectivity index (χ1) is 14.4. The van der Waals surface area contributed by atoms with Gasteiger partial charge in [-0.1, -0.05) is 37.4 Å². The van der Waals surface area contributed by atoms with Crippen LogP contribution in [0, 0.1) is 0 Å². The van der Waals surface area contributed by atoms with Gasteiger partial charge in [-0.25, -0.2) is 0 Å². The summed E-state index contributed by atoms with van der Waals surface area (Å²) in [7, 11) is 0. The van der Waals surface area contributed by atoms with E-state index >= 15 is 0 Å². The van der Waals surface area contributed by atoms with Gasteiger partial charge in [-0.05, 0) is 27.7 Å². The molecule has 0 fully saturated rings. The molecule has 0 aromatic heterocycles. The van der Waals surface area contributed by atoms with Crippen molar-refractivity contribution in [3.05, 3.63) is 0 Å². The van der Waals surface area contributed by atoms with Gasteiger partial charge in [0.25, 0.3) is 0 Å². The number of hydrogen-bond donors (Lipinski definition) is 4. The number of amides is 2. The van der Waals surface area contributed by atoms with Crippen molar-refractivity contribution in [1.82, 2.24) is 0 Å². The van der Waals surface area contributed by atoms with Crippen molar-refractivity contribution in [3.63, 3.8) is 0 Å². The summed E-state index contributed by atoms with van der Waals surface area (Å²) in [5, 5.41) is 17.0. The Morgan fingerprint density at radius 3 is 1.03 bits per heavy atom. The fraction of sp³-hybridized carbons (Fsp3) is 0.700. The SMILES string of the molecule is CC(C)(CC(=O)O)SC(=O)CCC(=O)SC(C)(C)CC(=O)O.CCC(N)=O.CCC(N)=O. The van der Waals surface area contributed by atoms with Gasteiger partial charge in [0.15, 0.2) is 10.2 Å². The molecule has 0 radical (unpaired) electrons. The van der Waals surface area contributed by atoms with Gasteiger partial charge in [-0.15, -0.1) is 0 Å². The third kappa shape index (κ3) is 27.9. The number of carbonyl (C=O) groups excluding carboxylic acids is 4. The van der Waals surface area contributed by atoms with Crippen LogP contribution in [0.4, 0.5) is 0 Å². The van der Waals surface area contributed by atoms with Crippen LogP contribution in [0.2, 0.25) is 0 Å². The summed E-state index contributed by atoms with van der Waals surface area (Å²) in [6.07, 6.45) is 0.640. The number of rotatable bonds is 11. The van der Waals surface area contributed by atoms with E-state index in [0.717, 1.165) is 23.5 Å². The summed E-state index contributed by atoms with van der Waals surface area (Å²) in [5.74, 6) is -2.45. The van der Waals surface area contributed by atoms with Crippen LogP contribution in [-0.2, 0) is 28.8 Å². The maximum absolute atomic E-state index is 11.8. The lowest BCUT2D eigenvalue weighted by Crippen LogP contribution is -2.23. The van der Waals surface area contributed by atoms with Crippen LogP contribution in [0.15, 0.2) is 0 Å². The van der Waals surface area contributed by atoms with E-state index in [1.807, 2.05) is 0 Å². The first-order valence-corrected chi connectivity index (χ1v) is 11.4. The molecule has 0 aliphatic heterocycles. The molecule has 6 N–H and O–H groups in total. The number of thioether (sulfide) groups is 2. The normalized spacial score (nSPS) is 10.6. The van der Waals surface area contributed by atoms with Crippen LogP contribution in [0.1, 0.15) is 80.1 Å². The second-order valence-electron chi connectivity index (χ2n) is 7.75. The standard InChI is InChI=1S/C14H22O6S2.2C3H7NO/c1-13(2,7-9(15)16)21-11(19)5-6-12(20)22-14(3,4)8-10(17)18;2*1-2-3(4)5/h5-8H2,1-4H3,(H,15,16)(H,17,18);2*2H2,1H3,(H2,4,5). The summed E-state index contributed by atoms with van der Waals surface area (Å²) in [4.78, 5) is 64.1. The minimum Gasteiger partial charge on any atom is -0.481 e. The van der Waals surface area contributed by atoms with Crippen molar-refractivity contribution < 1.29 is 39.0 Å². The van der Waals surface area contributed by atoms with Crippen LogP contribution < -0.4 is 11.5 Å². The molecule has 0 bridgehead atoms. The van der Waals surface area contributed by atoms with Crippen molar-refractivity contribution in [3.8, 4) is 0 Å². The highest BCUT2D eigenvalue weighted by Crippen LogP contribution is 2.32. The Morgan fingerprint density at radius 2 is 0.875 bits per heavy atom. The highest BCUT2D eigenvalue weighted by Gasteiger charge is 2.28. The molecule has 0 unspecified atom stereocenters. The van der Waals surface area contributed by atoms with E-state index in [9.17, 15) is 28.8 Å². The molecule has 0 aliphatic carbocycles. The van der Waals surface area contributed by atoms with Gasteiger partial charge in [0.05, 0.1) is 12.8 Å². The molecule has 0 aliphatic rings. The molecule has 2 amide bonds. The number of carboxylic acids is 2. The van der Waals surface area contributed by atoms with Crippen molar-refractivity contribution >= 4 is 57.5 Å². The fourth-order valence-electron chi connectivity index (χ4n) is 1.72. The lowest BCUT2D eigenvalue weighted by molar-refractivity contribution is -0.138. The summed E-state index contributed by atoms with van der Waals surface area (Å²) in [6, 6.07) is 0. The summed E-state index contributed by atoms with van der Waals surface area (Å²) in [6.45, 7) is 10.1. The van der Waals surface area contributed by atoms with Gasteiger partial charge in [-0.2, -0.15) is 0 Å². The van der Waals surface area contributed by atoms with E-state index in [2.05, 4.69) is 11.5 Å². The van der Waals surface area contributed by atoms with Crippen molar-refractivity contribution in [2.45, 2.75) is 89.6 Å². The summed E-state index contributed by atoms with van der Waals surface area (Å²) in [5.41, 5.74) is 9.31. The number of primary amides is 2. The zero-order chi connectivity index (χ0) is 26.1. The molecule has 0 spiro atoms. The molecule has 0 saturated heterocycles. The molecule has 12 heteroatoms. The summed E-state index contributed by atoms with van der Waals surface area (Å²) >= 11 is 1.85. The smallest absolute Gasteiger partial charge is 0.304 e. The number of aliphatic carboxylic acids is 2. The Bertz CT molecular complexity index is 608. The average molecular weight is 497 g/mol. The summed E-state index contributed by atoms with van der Waals surface area (Å²) < 4.78 is -1.44. The highest BCUT2D eigenvalue weighted by atomic mass is 32.2. The van der Waals surface area contributed by atoms with Gasteiger partial charge in [-0.3, -0.25) is 28.8 Å². The Kier molecular flexibility index (Phi) is 18.9. The van der Waals surface area contributed by atoms with Crippen LogP contribution >= 0.6 is 23.5 Å². The monoisotopic (exact) mass is 496 g/mol. The first kappa shape index (κ1) is 34.5. The van der Waals surface area contributed by atoms with E-state index in [-0.39, 0.29) is 47.7 Å². The van der Waals surface area contributed by atoms with E-state index in [4.69, 9.17) is 10.2 Å². The molecular weight excluding hydrogens is 460 g/mol. The van der Waals surface area contributed by atoms with Gasteiger partial charge in [0, 0.05) is 35.2 Å². The van der Waals surface area contributed by atoms with E-state index in [0.29, 0.717) is 12.8 Å². The molecule has 0 aromatic rings. The lowest BCUT2D eigenvalue weighted by atomic mass is 10.1. The molecular formula is C20H36N2O8S2. The Hall–Kier alpha value is -2.08.